The minimum Gasteiger partial charge on any atom is -0.481 e. The summed E-state index contributed by atoms with van der Waals surface area (Å²) in [5.41, 5.74) is 4.59. The third kappa shape index (κ3) is 5.10. The number of nitrogens with one attached hydrogen (secondary N) is 2. The van der Waals surface area contributed by atoms with Crippen LogP contribution in [-0.4, -0.2) is 42.8 Å². The summed E-state index contributed by atoms with van der Waals surface area (Å²) in [5.74, 6) is -0.596. The quantitative estimate of drug-likeness (QED) is 0.587. The van der Waals surface area contributed by atoms with Gasteiger partial charge in [0.25, 0.3) is 0 Å². The number of hydrogen-bond donors (Lipinski definition) is 3. The van der Waals surface area contributed by atoms with E-state index in [1.165, 1.54) is 0 Å². The van der Waals surface area contributed by atoms with E-state index in [-0.39, 0.29) is 43.2 Å². The fraction of sp³-hybridized carbons (Fsp3) is 0.400. The molecule has 168 valence electrons. The summed E-state index contributed by atoms with van der Waals surface area (Å²) in [6.07, 6.45) is 2.17. The molecule has 0 spiro atoms. The lowest BCUT2D eigenvalue weighted by Gasteiger charge is -2.15. The molecule has 0 saturated heterocycles. The summed E-state index contributed by atoms with van der Waals surface area (Å²) in [6, 6.07) is 16.2. The number of alkyl carbamates (subject to hydrolysis) is 1. The Balaban J connectivity index is 1.20. The van der Waals surface area contributed by atoms with Crippen LogP contribution >= 0.6 is 0 Å². The van der Waals surface area contributed by atoms with E-state index in [1.807, 2.05) is 24.3 Å². The molecule has 7 heteroatoms. The van der Waals surface area contributed by atoms with Crippen molar-refractivity contribution in [1.29, 1.82) is 0 Å². The highest BCUT2D eigenvalue weighted by Gasteiger charge is 2.29. The molecule has 0 aromatic heterocycles. The number of aliphatic carboxylic acids is 1. The van der Waals surface area contributed by atoms with Gasteiger partial charge in [-0.25, -0.2) is 4.79 Å². The van der Waals surface area contributed by atoms with E-state index in [2.05, 4.69) is 34.9 Å². The summed E-state index contributed by atoms with van der Waals surface area (Å²) in [5, 5.41) is 14.2. The fourth-order valence-electron chi connectivity index (χ4n) is 4.92. The molecule has 1 fully saturated rings. The third-order valence-electron chi connectivity index (χ3n) is 6.44. The first-order valence-corrected chi connectivity index (χ1v) is 11.1. The maximum atomic E-state index is 12.2. The monoisotopic (exact) mass is 436 g/mol. The molecule has 3 N–H and O–H groups in total. The van der Waals surface area contributed by atoms with Crippen LogP contribution in [0.5, 0.6) is 0 Å². The van der Waals surface area contributed by atoms with Crippen LogP contribution in [-0.2, 0) is 14.3 Å². The first kappa shape index (κ1) is 21.9. The van der Waals surface area contributed by atoms with Gasteiger partial charge in [0.15, 0.2) is 0 Å². The lowest BCUT2D eigenvalue weighted by atomic mass is 9.98. The fourth-order valence-corrected chi connectivity index (χ4v) is 4.92. The Morgan fingerprint density at radius 2 is 1.53 bits per heavy atom. The van der Waals surface area contributed by atoms with Crippen LogP contribution in [0.4, 0.5) is 4.79 Å². The number of fused-ring (bicyclic) bond motifs is 3. The summed E-state index contributed by atoms with van der Waals surface area (Å²) >= 11 is 0. The molecule has 0 radical (unpaired) electrons. The van der Waals surface area contributed by atoms with Crippen molar-refractivity contribution in [3.63, 3.8) is 0 Å². The Morgan fingerprint density at radius 1 is 0.906 bits per heavy atom. The largest absolute Gasteiger partial charge is 0.481 e. The van der Waals surface area contributed by atoms with E-state index >= 15 is 0 Å². The molecule has 2 aliphatic rings. The summed E-state index contributed by atoms with van der Waals surface area (Å²) < 4.78 is 5.43. The summed E-state index contributed by atoms with van der Waals surface area (Å²) in [6.45, 7) is 0.553. The number of ether oxygens (including phenoxy) is 1. The molecular formula is C25H28N2O5. The van der Waals surface area contributed by atoms with Crippen LogP contribution in [0.2, 0.25) is 0 Å². The Bertz CT molecular complexity index is 960. The van der Waals surface area contributed by atoms with E-state index in [1.54, 1.807) is 0 Å². The van der Waals surface area contributed by atoms with Crippen LogP contribution in [0.15, 0.2) is 48.5 Å². The van der Waals surface area contributed by atoms with Gasteiger partial charge in [-0.1, -0.05) is 48.5 Å². The second-order valence-corrected chi connectivity index (χ2v) is 8.63. The van der Waals surface area contributed by atoms with Crippen molar-refractivity contribution >= 4 is 18.0 Å². The van der Waals surface area contributed by atoms with Gasteiger partial charge in [-0.05, 0) is 53.4 Å². The molecule has 0 bridgehead atoms. The Labute approximate surface area is 187 Å². The number of rotatable bonds is 8. The highest BCUT2D eigenvalue weighted by molar-refractivity contribution is 5.82. The molecule has 2 atom stereocenters. The van der Waals surface area contributed by atoms with E-state index < -0.39 is 12.1 Å². The van der Waals surface area contributed by atoms with Crippen molar-refractivity contribution in [3.8, 4) is 11.1 Å². The van der Waals surface area contributed by atoms with Gasteiger partial charge in [0.2, 0.25) is 5.91 Å². The highest BCUT2D eigenvalue weighted by atomic mass is 16.5. The van der Waals surface area contributed by atoms with Crippen molar-refractivity contribution in [2.75, 3.05) is 19.7 Å². The summed E-state index contributed by atoms with van der Waals surface area (Å²) in [7, 11) is 0. The number of carboxylic acids is 1. The van der Waals surface area contributed by atoms with Gasteiger partial charge in [0, 0.05) is 18.9 Å². The molecule has 2 amide bonds. The number of carboxylic acid groups (broad SMARTS) is 1. The van der Waals surface area contributed by atoms with E-state index in [0.717, 1.165) is 41.5 Å². The Kier molecular flexibility index (Phi) is 6.73. The molecule has 0 aliphatic heterocycles. The van der Waals surface area contributed by atoms with Gasteiger partial charge in [0.1, 0.15) is 6.61 Å². The minimum absolute atomic E-state index is 0.0249. The summed E-state index contributed by atoms with van der Waals surface area (Å²) in [4.78, 5) is 35.1. The molecule has 2 unspecified atom stereocenters. The minimum atomic E-state index is -0.771. The zero-order valence-electron chi connectivity index (χ0n) is 17.9. The second kappa shape index (κ2) is 9.85. The second-order valence-electron chi connectivity index (χ2n) is 8.63. The molecule has 2 aromatic carbocycles. The molecular weight excluding hydrogens is 408 g/mol. The third-order valence-corrected chi connectivity index (χ3v) is 6.44. The predicted octanol–water partition coefficient (Wildman–Crippen LogP) is 3.53. The van der Waals surface area contributed by atoms with E-state index in [4.69, 9.17) is 9.84 Å². The van der Waals surface area contributed by atoms with Gasteiger partial charge in [-0.3, -0.25) is 9.59 Å². The lowest BCUT2D eigenvalue weighted by Crippen LogP contribution is -2.39. The van der Waals surface area contributed by atoms with Crippen molar-refractivity contribution in [1.82, 2.24) is 10.6 Å². The molecule has 0 heterocycles. The van der Waals surface area contributed by atoms with E-state index in [0.29, 0.717) is 6.54 Å². The topological polar surface area (TPSA) is 105 Å². The van der Waals surface area contributed by atoms with Gasteiger partial charge in [-0.2, -0.15) is 0 Å². The van der Waals surface area contributed by atoms with Crippen molar-refractivity contribution in [2.24, 2.45) is 11.8 Å². The number of carbonyl (C=O) groups is 3. The smallest absolute Gasteiger partial charge is 0.407 e. The molecule has 7 nitrogen and oxygen atoms in total. The first-order chi connectivity index (χ1) is 15.5. The van der Waals surface area contributed by atoms with Crippen molar-refractivity contribution < 1.29 is 24.2 Å². The van der Waals surface area contributed by atoms with Gasteiger partial charge >= 0.3 is 12.1 Å². The molecule has 4 rings (SSSR count). The Hall–Kier alpha value is -3.35. The number of amides is 2. The number of carbonyl (C=O) groups excluding carboxylic acids is 2. The van der Waals surface area contributed by atoms with E-state index in [9.17, 15) is 14.4 Å². The average molecular weight is 437 g/mol. The van der Waals surface area contributed by atoms with Crippen LogP contribution in [0.1, 0.15) is 42.7 Å². The highest BCUT2D eigenvalue weighted by Crippen LogP contribution is 2.44. The van der Waals surface area contributed by atoms with Crippen LogP contribution in [0, 0.1) is 11.8 Å². The van der Waals surface area contributed by atoms with Crippen LogP contribution in [0.25, 0.3) is 11.1 Å². The van der Waals surface area contributed by atoms with Crippen molar-refractivity contribution in [3.05, 3.63) is 59.7 Å². The first-order valence-electron chi connectivity index (χ1n) is 11.1. The van der Waals surface area contributed by atoms with Gasteiger partial charge in [-0.15, -0.1) is 0 Å². The zero-order chi connectivity index (χ0) is 22.5. The molecule has 2 aromatic rings. The maximum absolute atomic E-state index is 12.2. The average Bonchev–Trinajstić information content (AvgIpc) is 3.36. The van der Waals surface area contributed by atoms with Gasteiger partial charge in [0.05, 0.1) is 6.54 Å². The van der Waals surface area contributed by atoms with Crippen LogP contribution < -0.4 is 10.6 Å². The molecule has 2 aliphatic carbocycles. The van der Waals surface area contributed by atoms with Crippen molar-refractivity contribution in [2.45, 2.75) is 31.6 Å². The molecule has 1 saturated carbocycles. The van der Waals surface area contributed by atoms with Crippen LogP contribution in [0.3, 0.4) is 0 Å². The number of benzene rings is 2. The number of hydrogen-bond acceptors (Lipinski definition) is 4. The zero-order valence-corrected chi connectivity index (χ0v) is 17.9. The Morgan fingerprint density at radius 3 is 2.19 bits per heavy atom. The standard InChI is InChI=1S/C25H28N2O5/c28-23(26-13-17-10-9-16(11-17)12-24(29)30)14-27-25(31)32-15-22-20-7-3-1-5-18(20)19-6-2-4-8-21(19)22/h1-8,16-17,22H,9-15H2,(H,26,28)(H,27,31)(H,29,30). The normalized spacial score (nSPS) is 19.1. The lowest BCUT2D eigenvalue weighted by molar-refractivity contribution is -0.138. The molecule has 32 heavy (non-hydrogen) atoms. The van der Waals surface area contributed by atoms with Gasteiger partial charge < -0.3 is 20.5 Å². The SMILES string of the molecule is O=C(O)CC1CCC(CNC(=O)CNC(=O)OCC2c3ccccc3-c3ccccc32)C1. The maximum Gasteiger partial charge on any atom is 0.407 e. The predicted molar refractivity (Wildman–Crippen MR) is 119 cm³/mol.